The second kappa shape index (κ2) is 6.27. The minimum Gasteiger partial charge on any atom is -0.366 e. The van der Waals surface area contributed by atoms with Crippen LogP contribution >= 0.6 is 11.3 Å². The minimum atomic E-state index is -0.458. The largest absolute Gasteiger partial charge is 0.366 e. The van der Waals surface area contributed by atoms with Crippen LogP contribution in [0.5, 0.6) is 0 Å². The molecular formula is C13H13N3O3S. The lowest BCUT2D eigenvalue weighted by molar-refractivity contribution is -0.380. The molecule has 0 aliphatic carbocycles. The zero-order valence-corrected chi connectivity index (χ0v) is 11.4. The predicted molar refractivity (Wildman–Crippen MR) is 76.5 cm³/mol. The van der Waals surface area contributed by atoms with Crippen molar-refractivity contribution in [3.05, 3.63) is 62.5 Å². The Morgan fingerprint density at radius 2 is 2.05 bits per heavy atom. The van der Waals surface area contributed by atoms with E-state index < -0.39 is 10.8 Å². The highest BCUT2D eigenvalue weighted by molar-refractivity contribution is 7.13. The minimum absolute atomic E-state index is 0.137. The molecule has 1 amide bonds. The van der Waals surface area contributed by atoms with Crippen molar-refractivity contribution in [3.8, 4) is 0 Å². The van der Waals surface area contributed by atoms with E-state index in [9.17, 15) is 14.9 Å². The Kier molecular flexibility index (Phi) is 4.44. The summed E-state index contributed by atoms with van der Waals surface area (Å²) in [4.78, 5) is 21.2. The summed E-state index contributed by atoms with van der Waals surface area (Å²) in [6.07, 6.45) is 0. The van der Waals surface area contributed by atoms with Gasteiger partial charge in [0.25, 0.3) is 0 Å². The first kappa shape index (κ1) is 14.2. The molecule has 2 aromatic rings. The first-order chi connectivity index (χ1) is 9.56. The van der Waals surface area contributed by atoms with Gasteiger partial charge in [0.1, 0.15) is 0 Å². The molecule has 7 heteroatoms. The van der Waals surface area contributed by atoms with Gasteiger partial charge in [-0.1, -0.05) is 23.5 Å². The van der Waals surface area contributed by atoms with E-state index >= 15 is 0 Å². The van der Waals surface area contributed by atoms with Crippen molar-refractivity contribution >= 4 is 22.2 Å². The number of thiophene rings is 1. The summed E-state index contributed by atoms with van der Waals surface area (Å²) in [5.41, 5.74) is 7.48. The van der Waals surface area contributed by atoms with Crippen molar-refractivity contribution < 1.29 is 9.72 Å². The molecule has 0 saturated heterocycles. The number of carbonyl (C=O) groups excluding carboxylic acids is 1. The van der Waals surface area contributed by atoms with Crippen LogP contribution in [0.4, 0.5) is 5.00 Å². The third-order valence-electron chi connectivity index (χ3n) is 2.69. The van der Waals surface area contributed by atoms with E-state index in [1.807, 2.05) is 6.07 Å². The van der Waals surface area contributed by atoms with Gasteiger partial charge >= 0.3 is 5.00 Å². The molecule has 3 N–H and O–H groups in total. The van der Waals surface area contributed by atoms with Gasteiger partial charge in [0, 0.05) is 30.1 Å². The smallest absolute Gasteiger partial charge is 0.324 e. The van der Waals surface area contributed by atoms with Crippen molar-refractivity contribution in [2.45, 2.75) is 13.1 Å². The van der Waals surface area contributed by atoms with Gasteiger partial charge in [0.15, 0.2) is 0 Å². The number of rotatable bonds is 6. The van der Waals surface area contributed by atoms with Gasteiger partial charge in [-0.15, -0.1) is 0 Å². The predicted octanol–water partition coefficient (Wildman–Crippen LogP) is 2.04. The van der Waals surface area contributed by atoms with Crippen LogP contribution in [0.25, 0.3) is 0 Å². The number of nitrogens with one attached hydrogen (secondary N) is 1. The molecule has 0 unspecified atom stereocenters. The third-order valence-corrected chi connectivity index (χ3v) is 3.62. The molecule has 0 atom stereocenters. The van der Waals surface area contributed by atoms with Crippen molar-refractivity contribution in [2.75, 3.05) is 0 Å². The molecule has 6 nitrogen and oxygen atoms in total. The van der Waals surface area contributed by atoms with Crippen LogP contribution in [0.1, 0.15) is 21.5 Å². The van der Waals surface area contributed by atoms with Gasteiger partial charge in [-0.05, 0) is 23.3 Å². The maximum atomic E-state index is 11.1. The lowest BCUT2D eigenvalue weighted by Gasteiger charge is -2.04. The highest BCUT2D eigenvalue weighted by Gasteiger charge is 2.09. The molecule has 0 aliphatic rings. The van der Waals surface area contributed by atoms with E-state index in [4.69, 9.17) is 5.73 Å². The van der Waals surface area contributed by atoms with Gasteiger partial charge in [-0.25, -0.2) is 0 Å². The average Bonchev–Trinajstić information content (AvgIpc) is 2.88. The van der Waals surface area contributed by atoms with Crippen LogP contribution in [0.15, 0.2) is 35.7 Å². The Hall–Kier alpha value is -2.25. The van der Waals surface area contributed by atoms with Crippen LogP contribution in [0.3, 0.4) is 0 Å². The van der Waals surface area contributed by atoms with E-state index in [1.54, 1.807) is 29.6 Å². The van der Waals surface area contributed by atoms with E-state index in [-0.39, 0.29) is 5.00 Å². The van der Waals surface area contributed by atoms with Crippen LogP contribution in [-0.4, -0.2) is 10.8 Å². The molecular weight excluding hydrogens is 278 g/mol. The molecule has 104 valence electrons. The first-order valence-electron chi connectivity index (χ1n) is 5.87. The van der Waals surface area contributed by atoms with Crippen molar-refractivity contribution in [1.29, 1.82) is 0 Å². The summed E-state index contributed by atoms with van der Waals surface area (Å²) in [6, 6.07) is 8.60. The molecule has 1 heterocycles. The summed E-state index contributed by atoms with van der Waals surface area (Å²) in [5.74, 6) is -0.458. The number of hydrogen-bond donors (Lipinski definition) is 2. The molecule has 0 fully saturated rings. The zero-order valence-electron chi connectivity index (χ0n) is 10.5. The molecule has 20 heavy (non-hydrogen) atoms. The summed E-state index contributed by atoms with van der Waals surface area (Å²) >= 11 is 1.11. The van der Waals surface area contributed by atoms with Gasteiger partial charge in [-0.2, -0.15) is 0 Å². The molecule has 0 spiro atoms. The monoisotopic (exact) mass is 291 g/mol. The number of nitro groups is 1. The number of nitrogens with zero attached hydrogens (tertiary/aromatic N) is 1. The summed E-state index contributed by atoms with van der Waals surface area (Å²) < 4.78 is 0. The second-order valence-corrected chi connectivity index (χ2v) is 5.11. The van der Waals surface area contributed by atoms with E-state index in [0.717, 1.165) is 22.5 Å². The number of carbonyl (C=O) groups is 1. The maximum Gasteiger partial charge on any atom is 0.324 e. The second-order valence-electron chi connectivity index (χ2n) is 4.22. The Labute approximate surface area is 119 Å². The Morgan fingerprint density at radius 3 is 2.70 bits per heavy atom. The first-order valence-corrected chi connectivity index (χ1v) is 6.75. The third kappa shape index (κ3) is 3.62. The molecule has 0 saturated carbocycles. The fourth-order valence-corrected chi connectivity index (χ4v) is 2.47. The molecule has 2 rings (SSSR count). The highest BCUT2D eigenvalue weighted by Crippen LogP contribution is 2.22. The summed E-state index contributed by atoms with van der Waals surface area (Å²) in [5, 5.41) is 15.6. The topological polar surface area (TPSA) is 98.3 Å². The number of primary amides is 1. The van der Waals surface area contributed by atoms with Gasteiger partial charge in [-0.3, -0.25) is 14.9 Å². The average molecular weight is 291 g/mol. The number of amides is 1. The standard InChI is InChI=1S/C13H13N3O3S/c14-13(17)11-3-1-2-9(4-11)6-15-7-10-5-12(16(18)19)20-8-10/h1-5,8,15H,6-7H2,(H2,14,17). The normalized spacial score (nSPS) is 10.4. The van der Waals surface area contributed by atoms with E-state index in [1.165, 1.54) is 0 Å². The van der Waals surface area contributed by atoms with Crippen LogP contribution < -0.4 is 11.1 Å². The fourth-order valence-electron chi connectivity index (χ4n) is 1.74. The summed E-state index contributed by atoms with van der Waals surface area (Å²) in [7, 11) is 0. The Balaban J connectivity index is 1.90. The number of benzene rings is 1. The Bertz CT molecular complexity index is 639. The molecule has 0 aliphatic heterocycles. The molecule has 0 radical (unpaired) electrons. The fraction of sp³-hybridized carbons (Fsp3) is 0.154. The maximum absolute atomic E-state index is 11.1. The van der Waals surface area contributed by atoms with Crippen LogP contribution in [0, 0.1) is 10.1 Å². The van der Waals surface area contributed by atoms with Crippen molar-refractivity contribution in [3.63, 3.8) is 0 Å². The molecule has 1 aromatic carbocycles. The van der Waals surface area contributed by atoms with Crippen LogP contribution in [0.2, 0.25) is 0 Å². The number of hydrogen-bond acceptors (Lipinski definition) is 5. The SMILES string of the molecule is NC(=O)c1cccc(CNCc2csc([N+](=O)[O-])c2)c1. The van der Waals surface area contributed by atoms with Gasteiger partial charge in [0.2, 0.25) is 5.91 Å². The van der Waals surface area contributed by atoms with Gasteiger partial charge < -0.3 is 11.1 Å². The summed E-state index contributed by atoms with van der Waals surface area (Å²) in [6.45, 7) is 1.09. The van der Waals surface area contributed by atoms with Crippen LogP contribution in [-0.2, 0) is 13.1 Å². The van der Waals surface area contributed by atoms with Gasteiger partial charge in [0.05, 0.1) is 4.92 Å². The van der Waals surface area contributed by atoms with E-state index in [2.05, 4.69) is 5.32 Å². The molecule has 1 aromatic heterocycles. The quantitative estimate of drug-likeness (QED) is 0.628. The lowest BCUT2D eigenvalue weighted by Crippen LogP contribution is -2.14. The van der Waals surface area contributed by atoms with Crippen molar-refractivity contribution in [1.82, 2.24) is 5.32 Å². The molecule has 0 bridgehead atoms. The highest BCUT2D eigenvalue weighted by atomic mass is 32.1. The van der Waals surface area contributed by atoms with Crippen molar-refractivity contribution in [2.24, 2.45) is 5.73 Å². The number of nitrogens with two attached hydrogens (primary N) is 1. The van der Waals surface area contributed by atoms with E-state index in [0.29, 0.717) is 18.7 Å². The lowest BCUT2D eigenvalue weighted by atomic mass is 10.1. The zero-order chi connectivity index (χ0) is 14.5. The Morgan fingerprint density at radius 1 is 1.30 bits per heavy atom.